The number of ether oxygens (including phenoxy) is 2. The zero-order valence-corrected chi connectivity index (χ0v) is 14.6. The molecule has 2 aromatic rings. The van der Waals surface area contributed by atoms with Crippen molar-refractivity contribution in [1.29, 1.82) is 5.26 Å². The number of Topliss-reactive ketones (excluding diaryl/α,β-unsaturated/α-hetero) is 1. The van der Waals surface area contributed by atoms with E-state index < -0.39 is 0 Å². The number of nitrogens with zero attached hydrogens (tertiary/aromatic N) is 2. The van der Waals surface area contributed by atoms with E-state index in [1.54, 1.807) is 13.0 Å². The van der Waals surface area contributed by atoms with E-state index in [2.05, 4.69) is 11.1 Å². The van der Waals surface area contributed by atoms with Crippen LogP contribution in [0, 0.1) is 24.1 Å². The minimum Gasteiger partial charge on any atom is -0.467 e. The number of pyridine rings is 1. The molecular formula is C18H15FN2O3S. The highest BCUT2D eigenvalue weighted by atomic mass is 32.2. The Morgan fingerprint density at radius 2 is 2.24 bits per heavy atom. The van der Waals surface area contributed by atoms with Crippen LogP contribution >= 0.6 is 11.8 Å². The van der Waals surface area contributed by atoms with Crippen LogP contribution in [0.25, 0.3) is 0 Å². The molecule has 128 valence electrons. The molecular weight excluding hydrogens is 343 g/mol. The molecule has 0 atom stereocenters. The normalized spacial score (nSPS) is 12.9. The lowest BCUT2D eigenvalue weighted by Crippen LogP contribution is -2.13. The molecule has 0 N–H and O–H groups in total. The van der Waals surface area contributed by atoms with Crippen molar-refractivity contribution < 1.29 is 18.7 Å². The van der Waals surface area contributed by atoms with Gasteiger partial charge in [0.2, 0.25) is 0 Å². The second kappa shape index (κ2) is 7.21. The fraction of sp³-hybridized carbons (Fsp3) is 0.278. The van der Waals surface area contributed by atoms with Crippen molar-refractivity contribution in [3.8, 4) is 11.8 Å². The maximum Gasteiger partial charge on any atom is 0.189 e. The molecule has 2 heterocycles. The van der Waals surface area contributed by atoms with E-state index in [9.17, 15) is 14.4 Å². The predicted molar refractivity (Wildman–Crippen MR) is 89.9 cm³/mol. The fourth-order valence-electron chi connectivity index (χ4n) is 2.64. The van der Waals surface area contributed by atoms with Crippen molar-refractivity contribution >= 4 is 17.5 Å². The molecule has 0 bridgehead atoms. The molecule has 0 radical (unpaired) electrons. The summed E-state index contributed by atoms with van der Waals surface area (Å²) in [6.07, 6.45) is 0. The molecule has 0 spiro atoms. The van der Waals surface area contributed by atoms with Crippen LogP contribution in [0.2, 0.25) is 0 Å². The molecule has 0 saturated heterocycles. The van der Waals surface area contributed by atoms with Crippen LogP contribution in [0.1, 0.15) is 39.7 Å². The van der Waals surface area contributed by atoms with Gasteiger partial charge in [0, 0.05) is 28.1 Å². The van der Waals surface area contributed by atoms with Crippen molar-refractivity contribution in [1.82, 2.24) is 4.98 Å². The van der Waals surface area contributed by atoms with E-state index in [1.165, 1.54) is 30.8 Å². The summed E-state index contributed by atoms with van der Waals surface area (Å²) < 4.78 is 24.5. The molecule has 7 heteroatoms. The second-order valence-electron chi connectivity index (χ2n) is 5.59. The third-order valence-electron chi connectivity index (χ3n) is 3.79. The zero-order valence-electron chi connectivity index (χ0n) is 13.8. The monoisotopic (exact) mass is 358 g/mol. The van der Waals surface area contributed by atoms with E-state index in [-0.39, 0.29) is 18.4 Å². The summed E-state index contributed by atoms with van der Waals surface area (Å²) in [7, 11) is 0. The Morgan fingerprint density at radius 1 is 1.44 bits per heavy atom. The van der Waals surface area contributed by atoms with Crippen LogP contribution in [0.5, 0.6) is 5.75 Å². The summed E-state index contributed by atoms with van der Waals surface area (Å²) >= 11 is 1.31. The molecule has 1 aromatic heterocycles. The van der Waals surface area contributed by atoms with Crippen LogP contribution in [-0.4, -0.2) is 17.6 Å². The van der Waals surface area contributed by atoms with Crippen LogP contribution in [0.15, 0.2) is 23.2 Å². The summed E-state index contributed by atoms with van der Waals surface area (Å²) in [6, 6.07) is 6.43. The average Bonchev–Trinajstić information content (AvgIpc) is 2.59. The number of halogens is 1. The first kappa shape index (κ1) is 17.4. The third-order valence-corrected chi connectivity index (χ3v) is 4.83. The van der Waals surface area contributed by atoms with Crippen molar-refractivity contribution in [3.05, 3.63) is 52.0 Å². The Bertz CT molecular complexity index is 893. The number of hydrogen-bond donors (Lipinski definition) is 0. The van der Waals surface area contributed by atoms with Gasteiger partial charge in [-0.2, -0.15) is 5.26 Å². The first-order valence-electron chi connectivity index (χ1n) is 7.57. The molecule has 0 amide bonds. The number of nitriles is 1. The Labute approximate surface area is 148 Å². The largest absolute Gasteiger partial charge is 0.467 e. The molecule has 25 heavy (non-hydrogen) atoms. The Balaban J connectivity index is 1.90. The maximum atomic E-state index is 13.8. The van der Waals surface area contributed by atoms with Crippen molar-refractivity contribution in [3.63, 3.8) is 0 Å². The van der Waals surface area contributed by atoms with E-state index in [4.69, 9.17) is 9.47 Å². The van der Waals surface area contributed by atoms with E-state index in [0.717, 1.165) is 0 Å². The van der Waals surface area contributed by atoms with Gasteiger partial charge in [0.15, 0.2) is 12.6 Å². The number of thioether (sulfide) groups is 1. The number of aryl methyl sites for hydroxylation is 1. The summed E-state index contributed by atoms with van der Waals surface area (Å²) in [6.45, 7) is 3.60. The van der Waals surface area contributed by atoms with Gasteiger partial charge in [-0.25, -0.2) is 9.37 Å². The minimum absolute atomic E-state index is 0.129. The lowest BCUT2D eigenvalue weighted by molar-refractivity contribution is -0.0171. The number of ketones is 1. The molecule has 0 saturated carbocycles. The van der Waals surface area contributed by atoms with Gasteiger partial charge in [-0.15, -0.1) is 11.8 Å². The number of carbonyl (C=O) groups is 1. The summed E-state index contributed by atoms with van der Waals surface area (Å²) in [4.78, 5) is 16.0. The smallest absolute Gasteiger partial charge is 0.189 e. The van der Waals surface area contributed by atoms with Gasteiger partial charge >= 0.3 is 0 Å². The predicted octanol–water partition coefficient (Wildman–Crippen LogP) is 3.76. The van der Waals surface area contributed by atoms with Crippen LogP contribution < -0.4 is 4.74 Å². The maximum absolute atomic E-state index is 13.8. The summed E-state index contributed by atoms with van der Waals surface area (Å²) in [5.41, 5.74) is 2.68. The average molecular weight is 358 g/mol. The van der Waals surface area contributed by atoms with E-state index >= 15 is 0 Å². The van der Waals surface area contributed by atoms with Crippen LogP contribution in [0.3, 0.4) is 0 Å². The van der Waals surface area contributed by atoms with Crippen molar-refractivity contribution in [2.45, 2.75) is 31.2 Å². The highest BCUT2D eigenvalue weighted by molar-refractivity contribution is 7.98. The number of fused-ring (bicyclic) bond motifs is 1. The summed E-state index contributed by atoms with van der Waals surface area (Å²) in [5, 5.41) is 9.84. The molecule has 1 aliphatic rings. The first-order chi connectivity index (χ1) is 12.0. The van der Waals surface area contributed by atoms with Gasteiger partial charge in [-0.1, -0.05) is 0 Å². The Morgan fingerprint density at radius 3 is 2.96 bits per heavy atom. The Kier molecular flexibility index (Phi) is 5.02. The van der Waals surface area contributed by atoms with Gasteiger partial charge in [0.05, 0.1) is 12.2 Å². The minimum atomic E-state index is -0.361. The van der Waals surface area contributed by atoms with Gasteiger partial charge in [0.25, 0.3) is 0 Å². The standard InChI is InChI=1S/C18H15FN2O3S/c1-10-16(11(2)22)5-12(6-20)18(21-10)25-8-14-4-15(19)3-13-7-23-9-24-17(13)14/h3-5H,7-9H2,1-2H3. The van der Waals surface area contributed by atoms with Crippen molar-refractivity contribution in [2.24, 2.45) is 0 Å². The molecule has 1 aliphatic heterocycles. The number of carbonyl (C=O) groups excluding carboxylic acids is 1. The highest BCUT2D eigenvalue weighted by Gasteiger charge is 2.18. The molecule has 0 aliphatic carbocycles. The Hall–Kier alpha value is -2.43. The molecule has 3 rings (SSSR count). The van der Waals surface area contributed by atoms with Crippen LogP contribution in [-0.2, 0) is 17.1 Å². The molecule has 0 fully saturated rings. The zero-order chi connectivity index (χ0) is 18.0. The van der Waals surface area contributed by atoms with Gasteiger partial charge < -0.3 is 9.47 Å². The van der Waals surface area contributed by atoms with Gasteiger partial charge in [-0.3, -0.25) is 4.79 Å². The van der Waals surface area contributed by atoms with Gasteiger partial charge in [-0.05, 0) is 32.0 Å². The topological polar surface area (TPSA) is 72.2 Å². The number of hydrogen-bond acceptors (Lipinski definition) is 6. The van der Waals surface area contributed by atoms with E-state index in [1.807, 2.05) is 0 Å². The van der Waals surface area contributed by atoms with Gasteiger partial charge in [0.1, 0.15) is 22.7 Å². The first-order valence-corrected chi connectivity index (χ1v) is 8.55. The highest BCUT2D eigenvalue weighted by Crippen LogP contribution is 2.34. The SMILES string of the molecule is CC(=O)c1cc(C#N)c(SCc2cc(F)cc3c2OCOC3)nc1C. The van der Waals surface area contributed by atoms with Crippen LogP contribution in [0.4, 0.5) is 4.39 Å². The molecule has 5 nitrogen and oxygen atoms in total. The molecule has 0 unspecified atom stereocenters. The number of rotatable bonds is 4. The lowest BCUT2D eigenvalue weighted by atomic mass is 10.1. The second-order valence-corrected chi connectivity index (χ2v) is 6.56. The lowest BCUT2D eigenvalue weighted by Gasteiger charge is -2.20. The van der Waals surface area contributed by atoms with E-state index in [0.29, 0.717) is 51.1 Å². The quantitative estimate of drug-likeness (QED) is 0.612. The molecule has 1 aromatic carbocycles. The number of aromatic nitrogens is 1. The third kappa shape index (κ3) is 3.65. The van der Waals surface area contributed by atoms with Crippen molar-refractivity contribution in [2.75, 3.05) is 6.79 Å². The fourth-order valence-corrected chi connectivity index (χ4v) is 3.61. The summed E-state index contributed by atoms with van der Waals surface area (Å²) in [5.74, 6) is 0.516. The number of benzene rings is 1.